The molecule has 0 saturated carbocycles. The summed E-state index contributed by atoms with van der Waals surface area (Å²) in [6.07, 6.45) is 1.17. The van der Waals surface area contributed by atoms with Crippen LogP contribution in [0, 0.1) is 5.92 Å². The van der Waals surface area contributed by atoms with Crippen LogP contribution < -0.4 is 10.6 Å². The van der Waals surface area contributed by atoms with Crippen molar-refractivity contribution in [3.05, 3.63) is 35.9 Å². The first-order chi connectivity index (χ1) is 9.81. The quantitative estimate of drug-likeness (QED) is 0.926. The van der Waals surface area contributed by atoms with Gasteiger partial charge in [0.05, 0.1) is 12.1 Å². The van der Waals surface area contributed by atoms with Gasteiger partial charge in [-0.15, -0.1) is 0 Å². The molecule has 0 aliphatic carbocycles. The van der Waals surface area contributed by atoms with E-state index >= 15 is 0 Å². The molecule has 2 heterocycles. The average Bonchev–Trinajstić information content (AvgIpc) is 2.95. The van der Waals surface area contributed by atoms with Gasteiger partial charge in [0, 0.05) is 38.0 Å². The molecule has 1 saturated heterocycles. The Balaban J connectivity index is 1.92. The lowest BCUT2D eigenvalue weighted by Gasteiger charge is -2.19. The molecule has 1 aliphatic heterocycles. The van der Waals surface area contributed by atoms with Crippen molar-refractivity contribution in [3.8, 4) is 0 Å². The lowest BCUT2D eigenvalue weighted by Crippen LogP contribution is -2.22. The summed E-state index contributed by atoms with van der Waals surface area (Å²) in [6, 6.07) is 10.3. The van der Waals surface area contributed by atoms with Crippen molar-refractivity contribution in [2.75, 3.05) is 31.7 Å². The summed E-state index contributed by atoms with van der Waals surface area (Å²) < 4.78 is 5.26. The van der Waals surface area contributed by atoms with Crippen LogP contribution in [0.2, 0.25) is 0 Å². The van der Waals surface area contributed by atoms with Crippen LogP contribution in [-0.4, -0.2) is 31.8 Å². The van der Waals surface area contributed by atoms with Crippen LogP contribution in [0.1, 0.15) is 12.0 Å². The van der Waals surface area contributed by atoms with Crippen LogP contribution in [0.25, 0.3) is 10.9 Å². The van der Waals surface area contributed by atoms with Gasteiger partial charge in [-0.1, -0.05) is 18.2 Å². The minimum Gasteiger partial charge on any atom is -0.384 e. The molecule has 0 amide bonds. The zero-order valence-corrected chi connectivity index (χ0v) is 11.9. The molecule has 1 atom stereocenters. The number of ether oxygens (including phenoxy) is 1. The second-order valence-corrected chi connectivity index (χ2v) is 5.42. The Bertz CT molecular complexity index is 599. The fourth-order valence-electron chi connectivity index (χ4n) is 2.98. The van der Waals surface area contributed by atoms with Crippen LogP contribution >= 0.6 is 0 Å². The molecule has 4 heteroatoms. The van der Waals surface area contributed by atoms with Crippen molar-refractivity contribution in [3.63, 3.8) is 0 Å². The molecule has 2 N–H and O–H groups in total. The predicted octanol–water partition coefficient (Wildman–Crippen LogP) is 2.17. The number of nitrogens with zero attached hydrogens (tertiary/aromatic N) is 2. The maximum atomic E-state index is 5.89. The highest BCUT2D eigenvalue weighted by Gasteiger charge is 2.23. The van der Waals surface area contributed by atoms with Gasteiger partial charge in [0.1, 0.15) is 5.82 Å². The highest BCUT2D eigenvalue weighted by Crippen LogP contribution is 2.27. The Hall–Kier alpha value is -1.65. The van der Waals surface area contributed by atoms with Crippen LogP contribution in [0.3, 0.4) is 0 Å². The zero-order valence-electron chi connectivity index (χ0n) is 11.9. The van der Waals surface area contributed by atoms with Gasteiger partial charge in [-0.25, -0.2) is 4.98 Å². The molecular weight excluding hydrogens is 250 g/mol. The predicted molar refractivity (Wildman–Crippen MR) is 81.8 cm³/mol. The van der Waals surface area contributed by atoms with Gasteiger partial charge >= 0.3 is 0 Å². The van der Waals surface area contributed by atoms with Crippen LogP contribution in [0.5, 0.6) is 0 Å². The maximum absolute atomic E-state index is 5.89. The van der Waals surface area contributed by atoms with Gasteiger partial charge in [0.15, 0.2) is 0 Å². The van der Waals surface area contributed by atoms with E-state index in [0.29, 0.717) is 12.5 Å². The fraction of sp³-hybridized carbons (Fsp3) is 0.438. The van der Waals surface area contributed by atoms with Gasteiger partial charge in [-0.2, -0.15) is 0 Å². The molecule has 4 nitrogen and oxygen atoms in total. The monoisotopic (exact) mass is 271 g/mol. The largest absolute Gasteiger partial charge is 0.384 e. The van der Waals surface area contributed by atoms with Gasteiger partial charge in [-0.05, 0) is 24.1 Å². The Labute approximate surface area is 119 Å². The number of para-hydroxylation sites is 1. The van der Waals surface area contributed by atoms with E-state index in [-0.39, 0.29) is 0 Å². The van der Waals surface area contributed by atoms with Gasteiger partial charge in [0.2, 0.25) is 0 Å². The topological polar surface area (TPSA) is 51.4 Å². The maximum Gasteiger partial charge on any atom is 0.129 e. The summed E-state index contributed by atoms with van der Waals surface area (Å²) in [5.41, 5.74) is 8.09. The second-order valence-electron chi connectivity index (χ2n) is 5.42. The lowest BCUT2D eigenvalue weighted by molar-refractivity contribution is 0.161. The van der Waals surface area contributed by atoms with Gasteiger partial charge in [-0.3, -0.25) is 0 Å². The molecular formula is C16H21N3O. The summed E-state index contributed by atoms with van der Waals surface area (Å²) in [7, 11) is 1.77. The van der Waals surface area contributed by atoms with Crippen molar-refractivity contribution >= 4 is 16.7 Å². The van der Waals surface area contributed by atoms with E-state index in [9.17, 15) is 0 Å². The number of anilines is 1. The molecule has 1 aliphatic rings. The molecule has 106 valence electrons. The van der Waals surface area contributed by atoms with E-state index in [1.165, 1.54) is 12.0 Å². The third-order valence-corrected chi connectivity index (χ3v) is 4.02. The third kappa shape index (κ3) is 2.49. The van der Waals surface area contributed by atoms with Crippen molar-refractivity contribution in [1.29, 1.82) is 0 Å². The van der Waals surface area contributed by atoms with E-state index in [2.05, 4.69) is 23.1 Å². The SMILES string of the molecule is COCC1CCN(c2cc(CN)c3ccccc3n2)C1. The molecule has 0 radical (unpaired) electrons. The zero-order chi connectivity index (χ0) is 13.9. The Morgan fingerprint density at radius 3 is 3.05 bits per heavy atom. The molecule has 2 aromatic rings. The molecule has 20 heavy (non-hydrogen) atoms. The van der Waals surface area contributed by atoms with Crippen LogP contribution in [0.15, 0.2) is 30.3 Å². The minimum absolute atomic E-state index is 0.547. The number of hydrogen-bond donors (Lipinski definition) is 1. The highest BCUT2D eigenvalue weighted by atomic mass is 16.5. The fourth-order valence-corrected chi connectivity index (χ4v) is 2.98. The molecule has 0 spiro atoms. The van der Waals surface area contributed by atoms with Crippen LogP contribution in [-0.2, 0) is 11.3 Å². The van der Waals surface area contributed by atoms with Gasteiger partial charge in [0.25, 0.3) is 0 Å². The number of pyridine rings is 1. The van der Waals surface area contributed by atoms with E-state index < -0.39 is 0 Å². The third-order valence-electron chi connectivity index (χ3n) is 4.02. The lowest BCUT2D eigenvalue weighted by atomic mass is 10.1. The highest BCUT2D eigenvalue weighted by molar-refractivity contribution is 5.84. The van der Waals surface area contributed by atoms with Crippen molar-refractivity contribution in [2.45, 2.75) is 13.0 Å². The van der Waals surface area contributed by atoms with E-state index in [1.54, 1.807) is 7.11 Å². The number of nitrogens with two attached hydrogens (primary N) is 1. The van der Waals surface area contributed by atoms with E-state index in [1.807, 2.05) is 12.1 Å². The number of methoxy groups -OCH3 is 1. The molecule has 1 unspecified atom stereocenters. The second kappa shape index (κ2) is 5.77. The molecule has 1 fully saturated rings. The number of fused-ring (bicyclic) bond motifs is 1. The standard InChI is InChI=1S/C16H21N3O/c1-20-11-12-6-7-19(10-12)16-8-13(9-17)14-4-2-3-5-15(14)18-16/h2-5,8,12H,6-7,9-11,17H2,1H3. The number of rotatable bonds is 4. The first kappa shape index (κ1) is 13.3. The van der Waals surface area contributed by atoms with Crippen molar-refractivity contribution < 1.29 is 4.74 Å². The Morgan fingerprint density at radius 1 is 1.40 bits per heavy atom. The number of hydrogen-bond acceptors (Lipinski definition) is 4. The molecule has 0 bridgehead atoms. The normalized spacial score (nSPS) is 18.9. The first-order valence-electron chi connectivity index (χ1n) is 7.14. The van der Waals surface area contributed by atoms with E-state index in [0.717, 1.165) is 36.4 Å². The summed E-state index contributed by atoms with van der Waals surface area (Å²) in [4.78, 5) is 7.13. The molecule has 1 aromatic heterocycles. The minimum atomic E-state index is 0.547. The summed E-state index contributed by atoms with van der Waals surface area (Å²) in [5.74, 6) is 1.65. The van der Waals surface area contributed by atoms with Gasteiger partial charge < -0.3 is 15.4 Å². The Morgan fingerprint density at radius 2 is 2.25 bits per heavy atom. The van der Waals surface area contributed by atoms with E-state index in [4.69, 9.17) is 15.5 Å². The average molecular weight is 271 g/mol. The number of aromatic nitrogens is 1. The van der Waals surface area contributed by atoms with Crippen molar-refractivity contribution in [1.82, 2.24) is 4.98 Å². The number of benzene rings is 1. The summed E-state index contributed by atoms with van der Waals surface area (Å²) >= 11 is 0. The summed E-state index contributed by atoms with van der Waals surface area (Å²) in [5, 5.41) is 1.16. The molecule has 1 aromatic carbocycles. The Kier molecular flexibility index (Phi) is 3.85. The molecule has 3 rings (SSSR count). The van der Waals surface area contributed by atoms with Crippen molar-refractivity contribution in [2.24, 2.45) is 11.7 Å². The first-order valence-corrected chi connectivity index (χ1v) is 7.14. The van der Waals surface area contributed by atoms with Crippen LogP contribution in [0.4, 0.5) is 5.82 Å². The summed E-state index contributed by atoms with van der Waals surface area (Å²) in [6.45, 7) is 3.44. The smallest absolute Gasteiger partial charge is 0.129 e.